The Morgan fingerprint density at radius 1 is 1.21 bits per heavy atom. The van der Waals surface area contributed by atoms with Crippen LogP contribution in [0.5, 0.6) is 5.75 Å². The van der Waals surface area contributed by atoms with E-state index in [0.29, 0.717) is 5.92 Å². The lowest BCUT2D eigenvalue weighted by Crippen LogP contribution is -2.25. The number of carbonyl (C=O) groups excluding carboxylic acids is 1. The molecule has 2 rings (SSSR count). The Bertz CT molecular complexity index is 736. The summed E-state index contributed by atoms with van der Waals surface area (Å²) in [4.78, 5) is 11.9. The first-order chi connectivity index (χ1) is 11.5. The molecule has 0 spiro atoms. The van der Waals surface area contributed by atoms with Crippen LogP contribution in [0, 0.1) is 13.8 Å². The molecule has 1 N–H and O–H groups in total. The summed E-state index contributed by atoms with van der Waals surface area (Å²) in [5.74, 6) is 0.807. The highest BCUT2D eigenvalue weighted by molar-refractivity contribution is 5.84. The fourth-order valence-corrected chi connectivity index (χ4v) is 2.32. The molecular weight excluding hydrogens is 300 g/mol. The Hall–Kier alpha value is -2.62. The molecule has 0 unspecified atom stereocenters. The summed E-state index contributed by atoms with van der Waals surface area (Å²) >= 11 is 0. The second-order valence-corrected chi connectivity index (χ2v) is 6.13. The number of hydrogen-bond donors (Lipinski definition) is 1. The van der Waals surface area contributed by atoms with Gasteiger partial charge in [0.1, 0.15) is 5.75 Å². The predicted molar refractivity (Wildman–Crippen MR) is 97.7 cm³/mol. The molecule has 0 saturated heterocycles. The zero-order valence-electron chi connectivity index (χ0n) is 14.7. The largest absolute Gasteiger partial charge is 0.483 e. The lowest BCUT2D eigenvalue weighted by Gasteiger charge is -2.14. The average Bonchev–Trinajstić information content (AvgIpc) is 2.54. The van der Waals surface area contributed by atoms with Crippen molar-refractivity contribution in [2.24, 2.45) is 5.10 Å². The van der Waals surface area contributed by atoms with Crippen molar-refractivity contribution in [1.29, 1.82) is 0 Å². The number of ether oxygens (including phenoxy) is 1. The molecule has 0 fully saturated rings. The number of aryl methyl sites for hydroxylation is 2. The maximum atomic E-state index is 11.9. The third kappa shape index (κ3) is 4.95. The minimum absolute atomic E-state index is 0.0612. The van der Waals surface area contributed by atoms with E-state index in [1.807, 2.05) is 50.2 Å². The van der Waals surface area contributed by atoms with Crippen molar-refractivity contribution in [3.05, 3.63) is 64.7 Å². The van der Waals surface area contributed by atoms with E-state index in [4.69, 9.17) is 4.74 Å². The number of carbonyl (C=O) groups is 1. The molecule has 0 aliphatic heterocycles. The van der Waals surface area contributed by atoms with Gasteiger partial charge in [0.2, 0.25) is 0 Å². The fourth-order valence-electron chi connectivity index (χ4n) is 2.32. The monoisotopic (exact) mass is 324 g/mol. The number of rotatable bonds is 6. The van der Waals surface area contributed by atoms with Crippen molar-refractivity contribution in [2.75, 3.05) is 6.61 Å². The second kappa shape index (κ2) is 8.29. The third-order valence-corrected chi connectivity index (χ3v) is 3.73. The Morgan fingerprint density at radius 2 is 1.96 bits per heavy atom. The molecule has 0 aromatic heterocycles. The maximum Gasteiger partial charge on any atom is 0.277 e. The van der Waals surface area contributed by atoms with Crippen LogP contribution in [0.1, 0.15) is 42.0 Å². The van der Waals surface area contributed by atoms with Gasteiger partial charge in [-0.15, -0.1) is 0 Å². The van der Waals surface area contributed by atoms with Gasteiger partial charge in [0, 0.05) is 0 Å². The molecule has 2 aromatic carbocycles. The summed E-state index contributed by atoms with van der Waals surface area (Å²) in [7, 11) is 0. The van der Waals surface area contributed by atoms with Crippen LogP contribution in [0.3, 0.4) is 0 Å². The Kier molecular flexibility index (Phi) is 6.13. The SMILES string of the molecule is Cc1ccc(C(C)C)c(OCC(=O)N/N=C/c2ccccc2C)c1. The van der Waals surface area contributed by atoms with Gasteiger partial charge in [-0.3, -0.25) is 4.79 Å². The second-order valence-electron chi connectivity index (χ2n) is 6.13. The Labute approximate surface area is 143 Å². The quantitative estimate of drug-likeness (QED) is 0.646. The molecule has 0 saturated carbocycles. The normalized spacial score (nSPS) is 11.0. The van der Waals surface area contributed by atoms with E-state index in [1.165, 1.54) is 0 Å². The van der Waals surface area contributed by atoms with E-state index >= 15 is 0 Å². The van der Waals surface area contributed by atoms with Crippen LogP contribution in [-0.4, -0.2) is 18.7 Å². The van der Waals surface area contributed by atoms with E-state index in [0.717, 1.165) is 28.0 Å². The van der Waals surface area contributed by atoms with Crippen LogP contribution in [0.2, 0.25) is 0 Å². The summed E-state index contributed by atoms with van der Waals surface area (Å²) in [6.07, 6.45) is 1.64. The summed E-state index contributed by atoms with van der Waals surface area (Å²) in [5.41, 5.74) is 6.77. The van der Waals surface area contributed by atoms with Crippen molar-refractivity contribution in [1.82, 2.24) is 5.43 Å². The minimum Gasteiger partial charge on any atom is -0.483 e. The third-order valence-electron chi connectivity index (χ3n) is 3.73. The highest BCUT2D eigenvalue weighted by Gasteiger charge is 2.10. The smallest absolute Gasteiger partial charge is 0.277 e. The molecule has 1 amide bonds. The van der Waals surface area contributed by atoms with Gasteiger partial charge in [-0.2, -0.15) is 5.10 Å². The van der Waals surface area contributed by atoms with E-state index in [1.54, 1.807) is 6.21 Å². The van der Waals surface area contributed by atoms with E-state index in [2.05, 4.69) is 30.4 Å². The standard InChI is InChI=1S/C20H24N2O2/c1-14(2)18-10-9-15(3)11-19(18)24-13-20(23)22-21-12-17-8-6-5-7-16(17)4/h5-12,14H,13H2,1-4H3,(H,22,23)/b21-12+. The summed E-state index contributed by atoms with van der Waals surface area (Å²) in [6.45, 7) is 8.14. The topological polar surface area (TPSA) is 50.7 Å². The first-order valence-electron chi connectivity index (χ1n) is 8.08. The minimum atomic E-state index is -0.281. The van der Waals surface area contributed by atoms with Crippen molar-refractivity contribution in [3.63, 3.8) is 0 Å². The molecule has 0 aliphatic carbocycles. The van der Waals surface area contributed by atoms with Crippen LogP contribution in [-0.2, 0) is 4.79 Å². The number of amides is 1. The molecule has 4 heteroatoms. The molecular formula is C20H24N2O2. The summed E-state index contributed by atoms with van der Waals surface area (Å²) < 4.78 is 5.68. The van der Waals surface area contributed by atoms with Gasteiger partial charge in [-0.05, 0) is 48.1 Å². The molecule has 0 heterocycles. The van der Waals surface area contributed by atoms with Crippen LogP contribution in [0.25, 0.3) is 0 Å². The highest BCUT2D eigenvalue weighted by atomic mass is 16.5. The van der Waals surface area contributed by atoms with Gasteiger partial charge in [0.25, 0.3) is 5.91 Å². The van der Waals surface area contributed by atoms with Crippen LogP contribution < -0.4 is 10.2 Å². The number of nitrogens with zero attached hydrogens (tertiary/aromatic N) is 1. The lowest BCUT2D eigenvalue weighted by molar-refractivity contribution is -0.123. The Balaban J connectivity index is 1.92. The number of nitrogens with one attached hydrogen (secondary N) is 1. The van der Waals surface area contributed by atoms with E-state index in [-0.39, 0.29) is 12.5 Å². The van der Waals surface area contributed by atoms with Gasteiger partial charge in [0.15, 0.2) is 6.61 Å². The van der Waals surface area contributed by atoms with Crippen molar-refractivity contribution < 1.29 is 9.53 Å². The molecule has 126 valence electrons. The van der Waals surface area contributed by atoms with Gasteiger partial charge < -0.3 is 4.74 Å². The van der Waals surface area contributed by atoms with Crippen molar-refractivity contribution in [3.8, 4) is 5.75 Å². The molecule has 0 aliphatic rings. The van der Waals surface area contributed by atoms with E-state index in [9.17, 15) is 4.79 Å². The van der Waals surface area contributed by atoms with Crippen LogP contribution >= 0.6 is 0 Å². The molecule has 2 aromatic rings. The fraction of sp³-hybridized carbons (Fsp3) is 0.300. The molecule has 0 bridgehead atoms. The van der Waals surface area contributed by atoms with Crippen molar-refractivity contribution in [2.45, 2.75) is 33.6 Å². The zero-order chi connectivity index (χ0) is 17.5. The van der Waals surface area contributed by atoms with Gasteiger partial charge in [-0.1, -0.05) is 50.2 Å². The predicted octanol–water partition coefficient (Wildman–Crippen LogP) is 3.96. The molecule has 0 radical (unpaired) electrons. The zero-order valence-corrected chi connectivity index (χ0v) is 14.7. The van der Waals surface area contributed by atoms with Gasteiger partial charge in [0.05, 0.1) is 6.21 Å². The van der Waals surface area contributed by atoms with Gasteiger partial charge in [-0.25, -0.2) is 5.43 Å². The lowest BCUT2D eigenvalue weighted by atomic mass is 10.0. The summed E-state index contributed by atoms with van der Waals surface area (Å²) in [5, 5.41) is 3.99. The first kappa shape index (κ1) is 17.7. The maximum absolute atomic E-state index is 11.9. The Morgan fingerprint density at radius 3 is 2.67 bits per heavy atom. The number of hydrazone groups is 1. The first-order valence-corrected chi connectivity index (χ1v) is 8.08. The highest BCUT2D eigenvalue weighted by Crippen LogP contribution is 2.27. The molecule has 0 atom stereocenters. The number of hydrogen-bond acceptors (Lipinski definition) is 3. The van der Waals surface area contributed by atoms with Crippen LogP contribution in [0.15, 0.2) is 47.6 Å². The average molecular weight is 324 g/mol. The van der Waals surface area contributed by atoms with Crippen molar-refractivity contribution >= 4 is 12.1 Å². The number of benzene rings is 2. The summed E-state index contributed by atoms with van der Waals surface area (Å²) in [6, 6.07) is 13.9. The van der Waals surface area contributed by atoms with Gasteiger partial charge >= 0.3 is 0 Å². The van der Waals surface area contributed by atoms with Crippen LogP contribution in [0.4, 0.5) is 0 Å². The van der Waals surface area contributed by atoms with E-state index < -0.39 is 0 Å². The molecule has 24 heavy (non-hydrogen) atoms. The molecule has 4 nitrogen and oxygen atoms in total.